The zero-order chi connectivity index (χ0) is 20.8. The maximum absolute atomic E-state index is 13.2. The molecule has 0 bridgehead atoms. The number of fused-ring (bicyclic) bond motifs is 2. The second kappa shape index (κ2) is 6.97. The SMILES string of the molecule is O=C(O)C1=Cc2cc(Cl)c(Oc3cc4ccccc4cn3)cc2OC1C(F)(F)F. The molecule has 5 nitrogen and oxygen atoms in total. The number of carboxylic acid groups (broad SMARTS) is 1. The zero-order valence-electron chi connectivity index (χ0n) is 14.4. The number of ether oxygens (including phenoxy) is 2. The number of halogens is 4. The van der Waals surface area contributed by atoms with Crippen molar-refractivity contribution >= 4 is 34.4 Å². The minimum atomic E-state index is -4.90. The molecule has 9 heteroatoms. The van der Waals surface area contributed by atoms with E-state index in [9.17, 15) is 18.0 Å². The summed E-state index contributed by atoms with van der Waals surface area (Å²) in [6, 6.07) is 11.6. The highest BCUT2D eigenvalue weighted by molar-refractivity contribution is 6.32. The van der Waals surface area contributed by atoms with E-state index in [0.717, 1.165) is 16.8 Å². The van der Waals surface area contributed by atoms with Crippen molar-refractivity contribution in [1.82, 2.24) is 4.98 Å². The first-order valence-electron chi connectivity index (χ1n) is 8.27. The van der Waals surface area contributed by atoms with Crippen LogP contribution in [0.2, 0.25) is 5.02 Å². The summed E-state index contributed by atoms with van der Waals surface area (Å²) in [6.45, 7) is 0. The number of rotatable bonds is 3. The molecular formula is C20H11ClF3NO4. The third-order valence-electron chi connectivity index (χ3n) is 4.27. The van der Waals surface area contributed by atoms with E-state index in [2.05, 4.69) is 4.98 Å². The molecule has 29 heavy (non-hydrogen) atoms. The molecule has 0 fully saturated rings. The lowest BCUT2D eigenvalue weighted by molar-refractivity contribution is -0.187. The number of benzene rings is 2. The fraction of sp³-hybridized carbons (Fsp3) is 0.100. The Morgan fingerprint density at radius 3 is 2.59 bits per heavy atom. The highest BCUT2D eigenvalue weighted by atomic mass is 35.5. The molecular weight excluding hydrogens is 411 g/mol. The van der Waals surface area contributed by atoms with Crippen LogP contribution in [0.15, 0.2) is 54.2 Å². The number of aromatic nitrogens is 1. The standard InChI is InChI=1S/C20H11ClF3NO4/c21-14-6-12-5-13(19(26)27)18(20(22,23)24)29-15(12)8-16(14)28-17-7-10-3-1-2-4-11(10)9-25-17/h1-9,18H,(H,26,27). The van der Waals surface area contributed by atoms with Crippen LogP contribution in [0.25, 0.3) is 16.8 Å². The number of carboxylic acids is 1. The van der Waals surface area contributed by atoms with Gasteiger partial charge in [-0.25, -0.2) is 9.78 Å². The smallest absolute Gasteiger partial charge is 0.430 e. The Morgan fingerprint density at radius 2 is 1.90 bits per heavy atom. The monoisotopic (exact) mass is 421 g/mol. The van der Waals surface area contributed by atoms with Gasteiger partial charge >= 0.3 is 12.1 Å². The molecule has 2 aromatic carbocycles. The van der Waals surface area contributed by atoms with Gasteiger partial charge in [0.15, 0.2) is 5.75 Å². The van der Waals surface area contributed by atoms with Crippen LogP contribution in [0.4, 0.5) is 13.2 Å². The highest BCUT2D eigenvalue weighted by Gasteiger charge is 2.48. The van der Waals surface area contributed by atoms with Gasteiger partial charge in [0.1, 0.15) is 5.75 Å². The molecule has 3 aromatic rings. The summed E-state index contributed by atoms with van der Waals surface area (Å²) in [5.74, 6) is -1.70. The predicted molar refractivity (Wildman–Crippen MR) is 99.4 cm³/mol. The first kappa shape index (κ1) is 19.1. The molecule has 0 radical (unpaired) electrons. The Bertz CT molecular complexity index is 1160. The van der Waals surface area contributed by atoms with Crippen molar-refractivity contribution < 1.29 is 32.5 Å². The topological polar surface area (TPSA) is 68.7 Å². The molecule has 2 heterocycles. The average Bonchev–Trinajstić information content (AvgIpc) is 2.67. The van der Waals surface area contributed by atoms with Gasteiger partial charge in [0, 0.05) is 29.3 Å². The van der Waals surface area contributed by atoms with E-state index >= 15 is 0 Å². The van der Waals surface area contributed by atoms with E-state index < -0.39 is 23.8 Å². The Balaban J connectivity index is 1.72. The number of aliphatic carboxylic acids is 1. The van der Waals surface area contributed by atoms with Gasteiger partial charge < -0.3 is 14.6 Å². The summed E-state index contributed by atoms with van der Waals surface area (Å²) in [5, 5.41) is 10.9. The van der Waals surface area contributed by atoms with Crippen LogP contribution >= 0.6 is 11.6 Å². The Hall–Kier alpha value is -3.26. The lowest BCUT2D eigenvalue weighted by Crippen LogP contribution is -2.40. The molecule has 0 aliphatic carbocycles. The zero-order valence-corrected chi connectivity index (χ0v) is 15.2. The van der Waals surface area contributed by atoms with Crippen molar-refractivity contribution in [2.75, 3.05) is 0 Å². The van der Waals surface area contributed by atoms with Crippen molar-refractivity contribution in [2.24, 2.45) is 0 Å². The molecule has 1 atom stereocenters. The summed E-state index contributed by atoms with van der Waals surface area (Å²) in [5.41, 5.74) is -0.822. The van der Waals surface area contributed by atoms with E-state index in [4.69, 9.17) is 26.2 Å². The van der Waals surface area contributed by atoms with E-state index in [1.165, 1.54) is 12.1 Å². The maximum atomic E-state index is 13.2. The minimum Gasteiger partial charge on any atom is -0.478 e. The van der Waals surface area contributed by atoms with E-state index in [0.29, 0.717) is 0 Å². The summed E-state index contributed by atoms with van der Waals surface area (Å²) < 4.78 is 50.3. The van der Waals surface area contributed by atoms with E-state index in [-0.39, 0.29) is 28.0 Å². The summed E-state index contributed by atoms with van der Waals surface area (Å²) in [7, 11) is 0. The first-order valence-corrected chi connectivity index (χ1v) is 8.64. The quantitative estimate of drug-likeness (QED) is 0.607. The molecule has 148 valence electrons. The molecule has 1 aliphatic rings. The second-order valence-corrected chi connectivity index (χ2v) is 6.64. The number of carbonyl (C=O) groups is 1. The third-order valence-corrected chi connectivity index (χ3v) is 4.56. The molecule has 1 unspecified atom stereocenters. The second-order valence-electron chi connectivity index (χ2n) is 6.24. The third kappa shape index (κ3) is 3.71. The molecule has 1 aromatic heterocycles. The van der Waals surface area contributed by atoms with Crippen LogP contribution in [0.5, 0.6) is 17.4 Å². The maximum Gasteiger partial charge on any atom is 0.430 e. The minimum absolute atomic E-state index is 0.0290. The Kier molecular flexibility index (Phi) is 4.58. The molecule has 0 spiro atoms. The summed E-state index contributed by atoms with van der Waals surface area (Å²) in [6.07, 6.45) is -5.01. The van der Waals surface area contributed by atoms with Gasteiger partial charge in [-0.15, -0.1) is 0 Å². The molecule has 4 rings (SSSR count). The first-order chi connectivity index (χ1) is 13.7. The molecule has 0 saturated carbocycles. The van der Waals surface area contributed by atoms with Crippen molar-refractivity contribution in [3.05, 3.63) is 64.8 Å². The van der Waals surface area contributed by atoms with E-state index in [1.807, 2.05) is 24.3 Å². The summed E-state index contributed by atoms with van der Waals surface area (Å²) >= 11 is 6.18. The van der Waals surface area contributed by atoms with Gasteiger partial charge in [0.2, 0.25) is 12.0 Å². The van der Waals surface area contributed by atoms with Gasteiger partial charge in [0.25, 0.3) is 0 Å². The van der Waals surface area contributed by atoms with Gasteiger partial charge in [-0.1, -0.05) is 35.9 Å². The number of alkyl halides is 3. The van der Waals surface area contributed by atoms with Crippen LogP contribution in [0.3, 0.4) is 0 Å². The van der Waals surface area contributed by atoms with Crippen LogP contribution in [-0.4, -0.2) is 28.3 Å². The van der Waals surface area contributed by atoms with Gasteiger partial charge in [-0.05, 0) is 17.5 Å². The fourth-order valence-electron chi connectivity index (χ4n) is 2.93. The molecule has 0 saturated heterocycles. The lowest BCUT2D eigenvalue weighted by atomic mass is 10.0. The largest absolute Gasteiger partial charge is 0.478 e. The number of hydrogen-bond donors (Lipinski definition) is 1. The van der Waals surface area contributed by atoms with Crippen LogP contribution < -0.4 is 9.47 Å². The van der Waals surface area contributed by atoms with Crippen molar-refractivity contribution in [1.29, 1.82) is 0 Å². The normalized spacial score (nSPS) is 16.0. The highest BCUT2D eigenvalue weighted by Crippen LogP contribution is 2.42. The molecule has 0 amide bonds. The predicted octanol–water partition coefficient (Wildman–Crippen LogP) is 5.47. The number of pyridine rings is 1. The molecule has 1 N–H and O–H groups in total. The Morgan fingerprint density at radius 1 is 1.17 bits per heavy atom. The average molecular weight is 422 g/mol. The van der Waals surface area contributed by atoms with Crippen LogP contribution in [0, 0.1) is 0 Å². The summed E-state index contributed by atoms with van der Waals surface area (Å²) in [4.78, 5) is 15.4. The van der Waals surface area contributed by atoms with Gasteiger partial charge in [-0.2, -0.15) is 13.2 Å². The van der Waals surface area contributed by atoms with Gasteiger partial charge in [0.05, 0.1) is 10.6 Å². The van der Waals surface area contributed by atoms with Crippen LogP contribution in [0.1, 0.15) is 5.56 Å². The molecule has 1 aliphatic heterocycles. The van der Waals surface area contributed by atoms with Gasteiger partial charge in [-0.3, -0.25) is 0 Å². The Labute approximate surface area is 167 Å². The lowest BCUT2D eigenvalue weighted by Gasteiger charge is -2.27. The van der Waals surface area contributed by atoms with E-state index in [1.54, 1.807) is 12.3 Å². The number of hydrogen-bond acceptors (Lipinski definition) is 4. The van der Waals surface area contributed by atoms with Crippen molar-refractivity contribution in [2.45, 2.75) is 12.3 Å². The van der Waals surface area contributed by atoms with Crippen molar-refractivity contribution in [3.63, 3.8) is 0 Å². The van der Waals surface area contributed by atoms with Crippen molar-refractivity contribution in [3.8, 4) is 17.4 Å². The number of nitrogens with zero attached hydrogens (tertiary/aromatic N) is 1. The van der Waals surface area contributed by atoms with Crippen LogP contribution in [-0.2, 0) is 4.79 Å². The fourth-order valence-corrected chi connectivity index (χ4v) is 3.14.